The Kier molecular flexibility index (Phi) is 5.94. The summed E-state index contributed by atoms with van der Waals surface area (Å²) >= 11 is 0. The van der Waals surface area contributed by atoms with Crippen LogP contribution >= 0.6 is 0 Å². The number of methoxy groups -OCH3 is 2. The van der Waals surface area contributed by atoms with Gasteiger partial charge in [0.05, 0.1) is 19.9 Å². The number of hydrogen-bond donors (Lipinski definition) is 1. The van der Waals surface area contributed by atoms with Gasteiger partial charge < -0.3 is 19.2 Å². The predicted molar refractivity (Wildman–Crippen MR) is 124 cm³/mol. The molecule has 3 aromatic rings. The summed E-state index contributed by atoms with van der Waals surface area (Å²) < 4.78 is 17.0. The lowest BCUT2D eigenvalue weighted by Crippen LogP contribution is -1.97. The van der Waals surface area contributed by atoms with Gasteiger partial charge in [0.25, 0.3) is 0 Å². The van der Waals surface area contributed by atoms with Crippen LogP contribution in [0, 0.1) is 13.8 Å². The normalized spacial score (nSPS) is 14.4. The number of allylic oxidation sites excluding steroid dienone is 1. The second-order valence-electron chi connectivity index (χ2n) is 7.43. The molecule has 1 aliphatic heterocycles. The average Bonchev–Trinajstić information content (AvgIpc) is 3.34. The zero-order chi connectivity index (χ0) is 21.8. The minimum atomic E-state index is 0.474. The van der Waals surface area contributed by atoms with Crippen molar-refractivity contribution in [2.45, 2.75) is 20.5 Å². The van der Waals surface area contributed by atoms with Gasteiger partial charge >= 0.3 is 0 Å². The van der Waals surface area contributed by atoms with E-state index in [1.807, 2.05) is 67.6 Å². The highest BCUT2D eigenvalue weighted by molar-refractivity contribution is 6.12. The first-order valence-corrected chi connectivity index (χ1v) is 10.1. The number of nitrogens with zero attached hydrogens (tertiary/aromatic N) is 1. The highest BCUT2D eigenvalue weighted by Gasteiger charge is 2.19. The SMILES string of the molecule is COc1ccc(C2=NC(=Cc3[nH]c(C)cc3C)C(OCc3ccccc3)=C2)cc1OC. The summed E-state index contributed by atoms with van der Waals surface area (Å²) in [4.78, 5) is 8.26. The predicted octanol–water partition coefficient (Wildman–Crippen LogP) is 5.59. The molecule has 0 fully saturated rings. The topological polar surface area (TPSA) is 55.8 Å². The van der Waals surface area contributed by atoms with Crippen LogP contribution in [0.1, 0.15) is 28.1 Å². The Morgan fingerprint density at radius 2 is 1.71 bits per heavy atom. The lowest BCUT2D eigenvalue weighted by Gasteiger charge is -2.08. The van der Waals surface area contributed by atoms with Crippen molar-refractivity contribution in [2.24, 2.45) is 4.99 Å². The molecule has 31 heavy (non-hydrogen) atoms. The maximum absolute atomic E-state index is 6.18. The molecule has 0 saturated heterocycles. The van der Waals surface area contributed by atoms with Crippen LogP contribution in [-0.2, 0) is 11.3 Å². The van der Waals surface area contributed by atoms with Crippen molar-refractivity contribution in [3.63, 3.8) is 0 Å². The van der Waals surface area contributed by atoms with E-state index in [-0.39, 0.29) is 0 Å². The molecule has 0 saturated carbocycles. The second-order valence-corrected chi connectivity index (χ2v) is 7.43. The molecule has 0 aliphatic carbocycles. The minimum Gasteiger partial charge on any atom is -0.493 e. The van der Waals surface area contributed by atoms with Crippen molar-refractivity contribution in [1.29, 1.82) is 0 Å². The van der Waals surface area contributed by atoms with Gasteiger partial charge in [0.2, 0.25) is 0 Å². The van der Waals surface area contributed by atoms with Crippen LogP contribution < -0.4 is 9.47 Å². The molecule has 2 heterocycles. The first-order chi connectivity index (χ1) is 15.1. The third-order valence-corrected chi connectivity index (χ3v) is 5.15. The van der Waals surface area contributed by atoms with E-state index in [1.165, 1.54) is 5.56 Å². The molecule has 2 aromatic carbocycles. The van der Waals surface area contributed by atoms with Crippen LogP contribution in [0.2, 0.25) is 0 Å². The van der Waals surface area contributed by atoms with Crippen molar-refractivity contribution in [3.8, 4) is 11.5 Å². The molecule has 1 N–H and O–H groups in total. The highest BCUT2D eigenvalue weighted by atomic mass is 16.5. The lowest BCUT2D eigenvalue weighted by atomic mass is 10.1. The van der Waals surface area contributed by atoms with Gasteiger partial charge in [-0.2, -0.15) is 0 Å². The van der Waals surface area contributed by atoms with Crippen molar-refractivity contribution in [3.05, 3.63) is 100 Å². The fourth-order valence-electron chi connectivity index (χ4n) is 3.55. The number of hydrogen-bond acceptors (Lipinski definition) is 4. The van der Waals surface area contributed by atoms with E-state index in [9.17, 15) is 0 Å². The number of rotatable bonds is 7. The molecule has 0 radical (unpaired) electrons. The summed E-state index contributed by atoms with van der Waals surface area (Å²) in [6.45, 7) is 4.60. The van der Waals surface area contributed by atoms with E-state index in [1.54, 1.807) is 14.2 Å². The number of aryl methyl sites for hydroxylation is 2. The van der Waals surface area contributed by atoms with Crippen LogP contribution in [0.25, 0.3) is 6.08 Å². The molecule has 0 amide bonds. The Morgan fingerprint density at radius 3 is 2.39 bits per heavy atom. The first-order valence-electron chi connectivity index (χ1n) is 10.1. The summed E-state index contributed by atoms with van der Waals surface area (Å²) in [5.41, 5.74) is 6.95. The summed E-state index contributed by atoms with van der Waals surface area (Å²) in [5, 5.41) is 0. The largest absolute Gasteiger partial charge is 0.493 e. The summed E-state index contributed by atoms with van der Waals surface area (Å²) in [6, 6.07) is 18.0. The van der Waals surface area contributed by atoms with E-state index in [4.69, 9.17) is 19.2 Å². The van der Waals surface area contributed by atoms with E-state index in [0.29, 0.717) is 18.1 Å². The quantitative estimate of drug-likeness (QED) is 0.548. The number of H-pyrrole nitrogens is 1. The van der Waals surface area contributed by atoms with Crippen LogP contribution in [0.5, 0.6) is 11.5 Å². The van der Waals surface area contributed by atoms with Gasteiger partial charge in [-0.15, -0.1) is 0 Å². The molecule has 0 atom stereocenters. The standard InChI is InChI=1S/C26H26N2O3/c1-17-12-18(2)27-21(17)14-23-25(31-16-19-8-6-5-7-9-19)15-22(28-23)20-10-11-24(29-3)26(13-20)30-4/h5-15,27H,16H2,1-4H3. The molecular weight excluding hydrogens is 388 g/mol. The third-order valence-electron chi connectivity index (χ3n) is 5.15. The zero-order valence-electron chi connectivity index (χ0n) is 18.2. The van der Waals surface area contributed by atoms with E-state index in [2.05, 4.69) is 18.0 Å². The lowest BCUT2D eigenvalue weighted by molar-refractivity contribution is 0.208. The maximum atomic E-state index is 6.18. The van der Waals surface area contributed by atoms with Gasteiger partial charge in [-0.25, -0.2) is 4.99 Å². The molecule has 5 heteroatoms. The van der Waals surface area contributed by atoms with Gasteiger partial charge in [-0.1, -0.05) is 30.3 Å². The molecule has 5 nitrogen and oxygen atoms in total. The van der Waals surface area contributed by atoms with Crippen LogP contribution in [0.4, 0.5) is 0 Å². The molecule has 158 valence electrons. The third kappa shape index (κ3) is 4.56. The Balaban J connectivity index is 1.69. The van der Waals surface area contributed by atoms with Crippen LogP contribution in [-0.4, -0.2) is 24.9 Å². The van der Waals surface area contributed by atoms with Gasteiger partial charge in [-0.05, 0) is 55.3 Å². The second kappa shape index (κ2) is 8.96. The van der Waals surface area contributed by atoms with E-state index >= 15 is 0 Å². The number of benzene rings is 2. The zero-order valence-corrected chi connectivity index (χ0v) is 18.2. The molecule has 0 spiro atoms. The van der Waals surface area contributed by atoms with Crippen LogP contribution in [0.15, 0.2) is 77.1 Å². The summed E-state index contributed by atoms with van der Waals surface area (Å²) in [6.07, 6.45) is 4.01. The van der Waals surface area contributed by atoms with E-state index in [0.717, 1.165) is 39.7 Å². The number of nitrogens with one attached hydrogen (secondary N) is 1. The molecular formula is C26H26N2O3. The summed E-state index contributed by atoms with van der Waals surface area (Å²) in [5.74, 6) is 2.08. The number of ether oxygens (including phenoxy) is 3. The van der Waals surface area contributed by atoms with Gasteiger partial charge in [-0.3, -0.25) is 0 Å². The van der Waals surface area contributed by atoms with Crippen molar-refractivity contribution in [1.82, 2.24) is 4.98 Å². The van der Waals surface area contributed by atoms with Crippen molar-refractivity contribution < 1.29 is 14.2 Å². The smallest absolute Gasteiger partial charge is 0.161 e. The molecule has 0 bridgehead atoms. The maximum Gasteiger partial charge on any atom is 0.161 e. The van der Waals surface area contributed by atoms with Crippen LogP contribution in [0.3, 0.4) is 0 Å². The Bertz CT molecular complexity index is 1170. The van der Waals surface area contributed by atoms with Crippen molar-refractivity contribution in [2.75, 3.05) is 14.2 Å². The van der Waals surface area contributed by atoms with Crippen molar-refractivity contribution >= 4 is 11.8 Å². The monoisotopic (exact) mass is 414 g/mol. The molecule has 1 aliphatic rings. The molecule has 1 aromatic heterocycles. The number of aromatic amines is 1. The fourth-order valence-corrected chi connectivity index (χ4v) is 3.55. The van der Waals surface area contributed by atoms with Gasteiger partial charge in [0.1, 0.15) is 18.1 Å². The Hall–Kier alpha value is -3.73. The number of aromatic nitrogens is 1. The molecule has 4 rings (SSSR count). The minimum absolute atomic E-state index is 0.474. The average molecular weight is 415 g/mol. The number of aliphatic imine (C=N–C) groups is 1. The van der Waals surface area contributed by atoms with E-state index < -0.39 is 0 Å². The Morgan fingerprint density at radius 1 is 0.935 bits per heavy atom. The Labute approximate surface area is 182 Å². The molecule has 0 unspecified atom stereocenters. The van der Waals surface area contributed by atoms with Gasteiger partial charge in [0, 0.05) is 23.0 Å². The van der Waals surface area contributed by atoms with Gasteiger partial charge in [0.15, 0.2) is 11.5 Å². The highest BCUT2D eigenvalue weighted by Crippen LogP contribution is 2.31. The summed E-state index contributed by atoms with van der Waals surface area (Å²) in [7, 11) is 3.26. The fraction of sp³-hybridized carbons (Fsp3) is 0.192. The first kappa shape index (κ1) is 20.5.